The van der Waals surface area contributed by atoms with Crippen LogP contribution in [-0.4, -0.2) is 47.8 Å². The second-order valence-electron chi connectivity index (χ2n) is 6.70. The summed E-state index contributed by atoms with van der Waals surface area (Å²) in [6.45, 7) is 4.23. The van der Waals surface area contributed by atoms with E-state index in [1.54, 1.807) is 13.3 Å². The Hall–Kier alpha value is -2.34. The zero-order valence-electron chi connectivity index (χ0n) is 15.2. The van der Waals surface area contributed by atoms with Crippen molar-refractivity contribution < 1.29 is 9.53 Å². The maximum atomic E-state index is 13.3. The minimum Gasteiger partial charge on any atom is -0.496 e. The fraction of sp³-hybridized carbons (Fsp3) is 0.474. The lowest BCUT2D eigenvalue weighted by molar-refractivity contribution is -0.142. The van der Waals surface area contributed by atoms with E-state index in [-0.39, 0.29) is 5.91 Å². The summed E-state index contributed by atoms with van der Waals surface area (Å²) in [5, 5.41) is 7.72. The standard InChI is InChI=1S/C19H26N4O2/c1-15-13-16(5-6-17(15)25-3)14-22(2)18(24)19(7-10-20-11-8-19)23-12-4-9-21-23/h4-6,9,12-13,20H,7-8,10-11,14H2,1-3H3. The molecule has 0 saturated carbocycles. The summed E-state index contributed by atoms with van der Waals surface area (Å²) < 4.78 is 7.15. The zero-order valence-corrected chi connectivity index (χ0v) is 15.2. The van der Waals surface area contributed by atoms with Crippen molar-refractivity contribution in [1.29, 1.82) is 0 Å². The Morgan fingerprint density at radius 3 is 2.76 bits per heavy atom. The SMILES string of the molecule is COc1ccc(CN(C)C(=O)C2(n3cccn3)CCNCC2)cc1C. The van der Waals surface area contributed by atoms with E-state index in [1.807, 2.05) is 47.9 Å². The highest BCUT2D eigenvalue weighted by Gasteiger charge is 2.43. The molecule has 0 unspecified atom stereocenters. The van der Waals surface area contributed by atoms with Crippen molar-refractivity contribution in [2.24, 2.45) is 0 Å². The van der Waals surface area contributed by atoms with E-state index in [0.717, 1.165) is 42.8 Å². The third kappa shape index (κ3) is 3.39. The maximum absolute atomic E-state index is 13.3. The van der Waals surface area contributed by atoms with Gasteiger partial charge in [0.25, 0.3) is 5.91 Å². The van der Waals surface area contributed by atoms with Gasteiger partial charge in [-0.3, -0.25) is 9.48 Å². The lowest BCUT2D eigenvalue weighted by Crippen LogP contribution is -2.54. The third-order valence-electron chi connectivity index (χ3n) is 5.00. The topological polar surface area (TPSA) is 59.4 Å². The predicted octanol–water partition coefficient (Wildman–Crippen LogP) is 1.94. The highest BCUT2D eigenvalue weighted by Crippen LogP contribution is 2.30. The monoisotopic (exact) mass is 342 g/mol. The molecule has 0 radical (unpaired) electrons. The number of carbonyl (C=O) groups excluding carboxylic acids is 1. The fourth-order valence-corrected chi connectivity index (χ4v) is 3.64. The second kappa shape index (κ2) is 7.27. The van der Waals surface area contributed by atoms with Crippen LogP contribution in [0.2, 0.25) is 0 Å². The van der Waals surface area contributed by atoms with Gasteiger partial charge in [-0.25, -0.2) is 0 Å². The first-order valence-electron chi connectivity index (χ1n) is 8.67. The van der Waals surface area contributed by atoms with E-state index in [4.69, 9.17) is 4.74 Å². The Labute approximate surface area is 148 Å². The van der Waals surface area contributed by atoms with Crippen LogP contribution >= 0.6 is 0 Å². The van der Waals surface area contributed by atoms with Gasteiger partial charge in [-0.2, -0.15) is 5.10 Å². The number of hydrogen-bond acceptors (Lipinski definition) is 4. The van der Waals surface area contributed by atoms with Gasteiger partial charge in [0, 0.05) is 26.0 Å². The number of methoxy groups -OCH3 is 1. The zero-order chi connectivity index (χ0) is 17.9. The third-order valence-corrected chi connectivity index (χ3v) is 5.00. The molecule has 6 nitrogen and oxygen atoms in total. The molecule has 1 aliphatic rings. The Morgan fingerprint density at radius 1 is 1.40 bits per heavy atom. The molecular formula is C19H26N4O2. The molecule has 1 amide bonds. The molecule has 1 saturated heterocycles. The summed E-state index contributed by atoms with van der Waals surface area (Å²) in [7, 11) is 3.54. The normalized spacial score (nSPS) is 16.4. The van der Waals surface area contributed by atoms with Gasteiger partial charge >= 0.3 is 0 Å². The Balaban J connectivity index is 1.81. The van der Waals surface area contributed by atoms with Crippen LogP contribution < -0.4 is 10.1 Å². The van der Waals surface area contributed by atoms with Crippen LogP contribution in [0.15, 0.2) is 36.7 Å². The highest BCUT2D eigenvalue weighted by molar-refractivity contribution is 5.84. The summed E-state index contributed by atoms with van der Waals surface area (Å²) in [4.78, 5) is 15.2. The van der Waals surface area contributed by atoms with E-state index >= 15 is 0 Å². The first kappa shape index (κ1) is 17.5. The second-order valence-corrected chi connectivity index (χ2v) is 6.70. The molecule has 1 N–H and O–H groups in total. The van der Waals surface area contributed by atoms with Crippen molar-refractivity contribution in [1.82, 2.24) is 20.0 Å². The number of rotatable bonds is 5. The van der Waals surface area contributed by atoms with Gasteiger partial charge in [-0.05, 0) is 56.1 Å². The number of amides is 1. The van der Waals surface area contributed by atoms with Crippen LogP contribution in [0.3, 0.4) is 0 Å². The smallest absolute Gasteiger partial charge is 0.250 e. The summed E-state index contributed by atoms with van der Waals surface area (Å²) in [6.07, 6.45) is 5.14. The van der Waals surface area contributed by atoms with E-state index in [2.05, 4.69) is 16.5 Å². The number of carbonyl (C=O) groups is 1. The predicted molar refractivity (Wildman–Crippen MR) is 96.5 cm³/mol. The molecule has 3 rings (SSSR count). The summed E-state index contributed by atoms with van der Waals surface area (Å²) in [6, 6.07) is 7.92. The largest absolute Gasteiger partial charge is 0.496 e. The van der Waals surface area contributed by atoms with E-state index in [1.165, 1.54) is 0 Å². The minimum atomic E-state index is -0.592. The molecule has 0 aliphatic carbocycles. The number of aryl methyl sites for hydroxylation is 1. The highest BCUT2D eigenvalue weighted by atomic mass is 16.5. The van der Waals surface area contributed by atoms with Crippen molar-refractivity contribution in [3.05, 3.63) is 47.8 Å². The number of hydrogen-bond donors (Lipinski definition) is 1. The van der Waals surface area contributed by atoms with Crippen LogP contribution in [0.4, 0.5) is 0 Å². The number of nitrogens with one attached hydrogen (secondary N) is 1. The fourth-order valence-electron chi connectivity index (χ4n) is 3.64. The molecule has 1 fully saturated rings. The van der Waals surface area contributed by atoms with Gasteiger partial charge in [-0.1, -0.05) is 12.1 Å². The summed E-state index contributed by atoms with van der Waals surface area (Å²) in [5.74, 6) is 0.982. The van der Waals surface area contributed by atoms with Crippen molar-refractivity contribution in [3.63, 3.8) is 0 Å². The van der Waals surface area contributed by atoms with Crippen LogP contribution in [0, 0.1) is 6.92 Å². The minimum absolute atomic E-state index is 0.117. The van der Waals surface area contributed by atoms with Gasteiger partial charge < -0.3 is 15.0 Å². The summed E-state index contributed by atoms with van der Waals surface area (Å²) >= 11 is 0. The molecule has 0 atom stereocenters. The number of aromatic nitrogens is 2. The first-order valence-corrected chi connectivity index (χ1v) is 8.67. The Kier molecular flexibility index (Phi) is 5.08. The molecule has 25 heavy (non-hydrogen) atoms. The van der Waals surface area contributed by atoms with E-state index < -0.39 is 5.54 Å². The lowest BCUT2D eigenvalue weighted by Gasteiger charge is -2.39. The van der Waals surface area contributed by atoms with Crippen LogP contribution in [0.1, 0.15) is 24.0 Å². The molecule has 1 aromatic heterocycles. The number of piperidine rings is 1. The van der Waals surface area contributed by atoms with Crippen LogP contribution in [-0.2, 0) is 16.9 Å². The molecule has 0 bridgehead atoms. The van der Waals surface area contributed by atoms with Gasteiger partial charge in [0.15, 0.2) is 0 Å². The van der Waals surface area contributed by atoms with Gasteiger partial charge in [0.1, 0.15) is 11.3 Å². The number of nitrogens with zero attached hydrogens (tertiary/aromatic N) is 3. The van der Waals surface area contributed by atoms with Crippen molar-refractivity contribution in [3.8, 4) is 5.75 Å². The molecular weight excluding hydrogens is 316 g/mol. The molecule has 1 aromatic carbocycles. The molecule has 134 valence electrons. The van der Waals surface area contributed by atoms with Crippen molar-refractivity contribution >= 4 is 5.91 Å². The maximum Gasteiger partial charge on any atom is 0.250 e. The molecule has 1 aliphatic heterocycles. The number of ether oxygens (including phenoxy) is 1. The lowest BCUT2D eigenvalue weighted by atomic mass is 9.86. The number of benzene rings is 1. The molecule has 6 heteroatoms. The molecule has 2 heterocycles. The quantitative estimate of drug-likeness (QED) is 0.902. The van der Waals surface area contributed by atoms with Gasteiger partial charge in [-0.15, -0.1) is 0 Å². The Morgan fingerprint density at radius 2 is 2.16 bits per heavy atom. The van der Waals surface area contributed by atoms with E-state index in [0.29, 0.717) is 6.54 Å². The van der Waals surface area contributed by atoms with Crippen LogP contribution in [0.5, 0.6) is 5.75 Å². The Bertz CT molecular complexity index is 721. The van der Waals surface area contributed by atoms with Gasteiger partial charge in [0.2, 0.25) is 0 Å². The van der Waals surface area contributed by atoms with Crippen LogP contribution in [0.25, 0.3) is 0 Å². The number of likely N-dealkylation sites (N-methyl/N-ethyl adjacent to an activating group) is 1. The van der Waals surface area contributed by atoms with Crippen molar-refractivity contribution in [2.45, 2.75) is 31.8 Å². The van der Waals surface area contributed by atoms with Crippen molar-refractivity contribution in [2.75, 3.05) is 27.2 Å². The molecule has 0 spiro atoms. The average molecular weight is 342 g/mol. The first-order chi connectivity index (χ1) is 12.1. The average Bonchev–Trinajstić information content (AvgIpc) is 3.17. The molecule has 2 aromatic rings. The van der Waals surface area contributed by atoms with Gasteiger partial charge in [0.05, 0.1) is 7.11 Å². The van der Waals surface area contributed by atoms with E-state index in [9.17, 15) is 4.79 Å². The summed E-state index contributed by atoms with van der Waals surface area (Å²) in [5.41, 5.74) is 1.58.